The maximum Gasteiger partial charge on any atom is 0.377 e. The van der Waals surface area contributed by atoms with Gasteiger partial charge in [-0.3, -0.25) is 0 Å². The highest BCUT2D eigenvalue weighted by Crippen LogP contribution is 2.28. The predicted octanol–water partition coefficient (Wildman–Crippen LogP) is 1.67. The number of benzene rings is 1. The second kappa shape index (κ2) is 3.82. The molecule has 1 aromatic carbocycles. The Morgan fingerprint density at radius 3 is 2.81 bits per heavy atom. The summed E-state index contributed by atoms with van der Waals surface area (Å²) in [5.74, 6) is -1.63. The first kappa shape index (κ1) is 10.4. The molecule has 82 valence electrons. The van der Waals surface area contributed by atoms with Crippen LogP contribution in [0.2, 0.25) is 5.02 Å². The predicted molar refractivity (Wildman–Crippen MR) is 56.1 cm³/mol. The maximum absolute atomic E-state index is 10.5. The number of hydrogen-bond acceptors (Lipinski definition) is 5. The van der Waals surface area contributed by atoms with Crippen molar-refractivity contribution in [3.63, 3.8) is 0 Å². The molecule has 2 rings (SSSR count). The minimum absolute atomic E-state index is 0.0439. The van der Waals surface area contributed by atoms with Gasteiger partial charge in [0.25, 0.3) is 11.7 Å². The molecule has 0 fully saturated rings. The van der Waals surface area contributed by atoms with E-state index in [1.54, 1.807) is 12.1 Å². The Morgan fingerprint density at radius 2 is 2.25 bits per heavy atom. The molecule has 0 bridgehead atoms. The molecule has 0 aliphatic heterocycles. The zero-order chi connectivity index (χ0) is 11.7. The Bertz CT molecular complexity index is 553. The number of nitrogens with two attached hydrogens (primary N) is 1. The lowest BCUT2D eigenvalue weighted by atomic mass is 10.2. The summed E-state index contributed by atoms with van der Waals surface area (Å²) in [6, 6.07) is 4.70. The summed E-state index contributed by atoms with van der Waals surface area (Å²) in [7, 11) is 0. The second-order valence-corrected chi connectivity index (χ2v) is 3.37. The number of aromatic nitrogens is 2. The number of nitrogens with zero attached hydrogens (tertiary/aromatic N) is 2. The van der Waals surface area contributed by atoms with Crippen molar-refractivity contribution in [2.75, 3.05) is 5.73 Å². The molecule has 1 heterocycles. The summed E-state index contributed by atoms with van der Waals surface area (Å²) in [5, 5.41) is 12.2. The number of nitrogen functional groups attached to an aromatic ring is 1. The number of aromatic carboxylic acids is 1. The molecule has 16 heavy (non-hydrogen) atoms. The molecule has 0 unspecified atom stereocenters. The minimum atomic E-state index is -1.26. The number of anilines is 1. The molecule has 3 N–H and O–H groups in total. The fourth-order valence-electron chi connectivity index (χ4n) is 1.12. The van der Waals surface area contributed by atoms with Crippen LogP contribution in [0.25, 0.3) is 11.5 Å². The van der Waals surface area contributed by atoms with Crippen LogP contribution in [0.1, 0.15) is 10.6 Å². The van der Waals surface area contributed by atoms with Crippen LogP contribution in [0, 0.1) is 0 Å². The van der Waals surface area contributed by atoms with Crippen molar-refractivity contribution in [1.29, 1.82) is 0 Å². The second-order valence-electron chi connectivity index (χ2n) is 2.97. The lowest BCUT2D eigenvalue weighted by Gasteiger charge is -1.98. The highest BCUT2D eigenvalue weighted by molar-refractivity contribution is 6.33. The smallest absolute Gasteiger partial charge is 0.377 e. The first-order valence-electron chi connectivity index (χ1n) is 4.20. The van der Waals surface area contributed by atoms with Gasteiger partial charge in [-0.2, -0.15) is 4.98 Å². The van der Waals surface area contributed by atoms with E-state index in [4.69, 9.17) is 27.0 Å². The molecular formula is C9H6ClN3O3. The number of carboxylic acids is 1. The third-order valence-electron chi connectivity index (χ3n) is 1.84. The monoisotopic (exact) mass is 239 g/mol. The Morgan fingerprint density at radius 1 is 1.50 bits per heavy atom. The van der Waals surface area contributed by atoms with Gasteiger partial charge in [0.15, 0.2) is 0 Å². The van der Waals surface area contributed by atoms with E-state index >= 15 is 0 Å². The van der Waals surface area contributed by atoms with Crippen LogP contribution >= 0.6 is 11.6 Å². The van der Waals surface area contributed by atoms with Gasteiger partial charge < -0.3 is 15.4 Å². The van der Waals surface area contributed by atoms with Crippen molar-refractivity contribution in [2.24, 2.45) is 0 Å². The summed E-state index contributed by atoms with van der Waals surface area (Å²) in [6.45, 7) is 0. The topological polar surface area (TPSA) is 102 Å². The Balaban J connectivity index is 2.46. The van der Waals surface area contributed by atoms with Gasteiger partial charge in [-0.15, -0.1) is 0 Å². The largest absolute Gasteiger partial charge is 0.475 e. The summed E-state index contributed by atoms with van der Waals surface area (Å²) in [4.78, 5) is 14.2. The quantitative estimate of drug-likeness (QED) is 0.773. The van der Waals surface area contributed by atoms with E-state index in [1.165, 1.54) is 6.07 Å². The summed E-state index contributed by atoms with van der Waals surface area (Å²) < 4.78 is 4.77. The normalized spacial score (nSPS) is 10.3. The average molecular weight is 240 g/mol. The average Bonchev–Trinajstić information content (AvgIpc) is 2.66. The number of hydrogen-bond donors (Lipinski definition) is 2. The Labute approximate surface area is 94.6 Å². The lowest BCUT2D eigenvalue weighted by Crippen LogP contribution is -1.98. The van der Waals surface area contributed by atoms with E-state index in [0.717, 1.165) is 0 Å². The Hall–Kier alpha value is -2.08. The van der Waals surface area contributed by atoms with Crippen LogP contribution in [0.5, 0.6) is 0 Å². The molecule has 6 nitrogen and oxygen atoms in total. The molecule has 1 aromatic heterocycles. The molecule has 0 spiro atoms. The molecule has 7 heteroatoms. The zero-order valence-electron chi connectivity index (χ0n) is 7.85. The highest BCUT2D eigenvalue weighted by Gasteiger charge is 2.16. The van der Waals surface area contributed by atoms with E-state index in [1.807, 2.05) is 0 Å². The third kappa shape index (κ3) is 1.82. The minimum Gasteiger partial charge on any atom is -0.475 e. The molecule has 0 atom stereocenters. The van der Waals surface area contributed by atoms with Crippen molar-refractivity contribution in [2.45, 2.75) is 0 Å². The van der Waals surface area contributed by atoms with Gasteiger partial charge in [0.1, 0.15) is 0 Å². The van der Waals surface area contributed by atoms with Crippen molar-refractivity contribution < 1.29 is 14.4 Å². The van der Waals surface area contributed by atoms with E-state index in [-0.39, 0.29) is 5.89 Å². The van der Waals surface area contributed by atoms with Gasteiger partial charge in [0.2, 0.25) is 0 Å². The first-order chi connectivity index (χ1) is 7.58. The van der Waals surface area contributed by atoms with E-state index in [9.17, 15) is 4.79 Å². The van der Waals surface area contributed by atoms with Gasteiger partial charge in [-0.1, -0.05) is 11.6 Å². The number of halogens is 1. The molecule has 2 aromatic rings. The molecular weight excluding hydrogens is 234 g/mol. The van der Waals surface area contributed by atoms with E-state index in [0.29, 0.717) is 16.3 Å². The van der Waals surface area contributed by atoms with Gasteiger partial charge >= 0.3 is 5.97 Å². The van der Waals surface area contributed by atoms with Crippen molar-refractivity contribution in [3.05, 3.63) is 29.0 Å². The number of carbonyl (C=O) groups is 1. The number of carboxylic acid groups (broad SMARTS) is 1. The fraction of sp³-hybridized carbons (Fsp3) is 0. The number of rotatable bonds is 2. The maximum atomic E-state index is 10.5. The van der Waals surface area contributed by atoms with Gasteiger partial charge in [0.05, 0.1) is 10.6 Å². The van der Waals surface area contributed by atoms with Gasteiger partial charge in [-0.05, 0) is 23.4 Å². The zero-order valence-corrected chi connectivity index (χ0v) is 8.60. The van der Waals surface area contributed by atoms with Crippen LogP contribution in [0.15, 0.2) is 22.7 Å². The van der Waals surface area contributed by atoms with Crippen LogP contribution in [0.4, 0.5) is 5.69 Å². The summed E-state index contributed by atoms with van der Waals surface area (Å²) in [6.07, 6.45) is 0. The van der Waals surface area contributed by atoms with Crippen LogP contribution < -0.4 is 5.73 Å². The van der Waals surface area contributed by atoms with Crippen molar-refractivity contribution >= 4 is 23.3 Å². The summed E-state index contributed by atoms with van der Waals surface area (Å²) in [5.41, 5.74) is 6.45. The van der Waals surface area contributed by atoms with Crippen molar-refractivity contribution in [3.8, 4) is 11.5 Å². The van der Waals surface area contributed by atoms with Crippen molar-refractivity contribution in [1.82, 2.24) is 10.1 Å². The molecule has 0 amide bonds. The molecule has 0 aliphatic rings. The van der Waals surface area contributed by atoms with Gasteiger partial charge in [-0.25, -0.2) is 4.79 Å². The molecule has 0 radical (unpaired) electrons. The molecule has 0 saturated heterocycles. The van der Waals surface area contributed by atoms with Gasteiger partial charge in [0, 0.05) is 5.69 Å². The highest BCUT2D eigenvalue weighted by atomic mass is 35.5. The van der Waals surface area contributed by atoms with Crippen LogP contribution in [-0.2, 0) is 0 Å². The summed E-state index contributed by atoms with van der Waals surface area (Å²) >= 11 is 5.90. The lowest BCUT2D eigenvalue weighted by molar-refractivity contribution is 0.0680. The third-order valence-corrected chi connectivity index (χ3v) is 2.15. The first-order valence-corrected chi connectivity index (χ1v) is 4.58. The fourth-order valence-corrected chi connectivity index (χ4v) is 1.39. The van der Waals surface area contributed by atoms with Crippen LogP contribution in [0.3, 0.4) is 0 Å². The SMILES string of the molecule is Nc1ccc(-c2nc(C(=O)O)no2)c(Cl)c1. The van der Waals surface area contributed by atoms with E-state index < -0.39 is 11.8 Å². The standard InChI is InChI=1S/C9H6ClN3O3/c10-6-3-4(11)1-2-5(6)8-12-7(9(14)15)13-16-8/h1-3H,11H2,(H,14,15). The molecule has 0 saturated carbocycles. The Kier molecular flexibility index (Phi) is 2.49. The van der Waals surface area contributed by atoms with E-state index in [2.05, 4.69) is 10.1 Å². The van der Waals surface area contributed by atoms with Crippen LogP contribution in [-0.4, -0.2) is 21.2 Å². The molecule has 0 aliphatic carbocycles.